The second kappa shape index (κ2) is 11.9. The number of fused-ring (bicyclic) bond motifs is 6. The van der Waals surface area contributed by atoms with E-state index < -0.39 is 0 Å². The zero-order valence-corrected chi connectivity index (χ0v) is 29.7. The molecule has 0 saturated carbocycles. The third kappa shape index (κ3) is 4.83. The highest BCUT2D eigenvalue weighted by Crippen LogP contribution is 2.53. The van der Waals surface area contributed by atoms with Crippen molar-refractivity contribution in [2.24, 2.45) is 0 Å². The third-order valence-corrected chi connectivity index (χ3v) is 11.8. The second-order valence-electron chi connectivity index (χ2n) is 14.0. The molecule has 246 valence electrons. The van der Waals surface area contributed by atoms with Crippen molar-refractivity contribution in [2.45, 2.75) is 19.3 Å². The minimum absolute atomic E-state index is 0.228. The molecular formula is C48H33N3S. The Kier molecular flexibility index (Phi) is 7.02. The summed E-state index contributed by atoms with van der Waals surface area (Å²) in [6, 6.07) is 58.2. The molecule has 0 fully saturated rings. The molecular weight excluding hydrogens is 651 g/mol. The summed E-state index contributed by atoms with van der Waals surface area (Å²) in [6.07, 6.45) is 0. The Morgan fingerprint density at radius 3 is 1.75 bits per heavy atom. The van der Waals surface area contributed by atoms with Gasteiger partial charge in [-0.25, -0.2) is 15.0 Å². The standard InChI is InChI=1S/C48H33N3S/c1-48(2)41-29-32(27-28-35(41)37-23-13-22-34(43(37)48)31-17-7-4-8-18-31)45-49-46(39-21-10-9-19-33(39)30-15-5-3-6-16-30)51-47(50-45)40-25-14-24-38-36-20-11-12-26-42(36)52-44(38)40/h3-29H,1-2H3. The number of hydrogen-bond acceptors (Lipinski definition) is 4. The van der Waals surface area contributed by atoms with Crippen molar-refractivity contribution in [1.82, 2.24) is 15.0 Å². The van der Waals surface area contributed by atoms with Gasteiger partial charge in [-0.3, -0.25) is 0 Å². The van der Waals surface area contributed by atoms with Gasteiger partial charge in [0.2, 0.25) is 0 Å². The van der Waals surface area contributed by atoms with Crippen molar-refractivity contribution in [2.75, 3.05) is 0 Å². The molecule has 4 heteroatoms. The van der Waals surface area contributed by atoms with Crippen LogP contribution in [-0.2, 0) is 5.41 Å². The average Bonchev–Trinajstić information content (AvgIpc) is 3.70. The zero-order valence-electron chi connectivity index (χ0n) is 28.8. The van der Waals surface area contributed by atoms with Crippen LogP contribution in [0.3, 0.4) is 0 Å². The number of nitrogens with zero attached hydrogens (tertiary/aromatic N) is 3. The molecule has 0 N–H and O–H groups in total. The van der Waals surface area contributed by atoms with E-state index in [4.69, 9.17) is 15.0 Å². The van der Waals surface area contributed by atoms with E-state index in [0.717, 1.165) is 27.8 Å². The predicted octanol–water partition coefficient (Wildman–Crippen LogP) is 12.9. The van der Waals surface area contributed by atoms with E-state index in [1.807, 2.05) is 6.07 Å². The summed E-state index contributed by atoms with van der Waals surface area (Å²) >= 11 is 1.79. The molecule has 7 aromatic carbocycles. The first-order valence-corrected chi connectivity index (χ1v) is 18.5. The first kappa shape index (κ1) is 30.6. The molecule has 0 bridgehead atoms. The Bertz CT molecular complexity index is 2820. The van der Waals surface area contributed by atoms with Gasteiger partial charge in [0.25, 0.3) is 0 Å². The monoisotopic (exact) mass is 683 g/mol. The summed E-state index contributed by atoms with van der Waals surface area (Å²) in [5, 5.41) is 2.47. The summed E-state index contributed by atoms with van der Waals surface area (Å²) in [5.74, 6) is 2.00. The second-order valence-corrected chi connectivity index (χ2v) is 15.0. The highest BCUT2D eigenvalue weighted by Gasteiger charge is 2.38. The minimum atomic E-state index is -0.228. The molecule has 3 nitrogen and oxygen atoms in total. The molecule has 0 amide bonds. The van der Waals surface area contributed by atoms with Crippen molar-refractivity contribution in [3.63, 3.8) is 0 Å². The van der Waals surface area contributed by atoms with Crippen molar-refractivity contribution >= 4 is 31.5 Å². The fourth-order valence-corrected chi connectivity index (χ4v) is 9.31. The van der Waals surface area contributed by atoms with E-state index >= 15 is 0 Å². The summed E-state index contributed by atoms with van der Waals surface area (Å²) < 4.78 is 2.44. The van der Waals surface area contributed by atoms with Gasteiger partial charge in [-0.15, -0.1) is 11.3 Å². The summed E-state index contributed by atoms with van der Waals surface area (Å²) in [7, 11) is 0. The van der Waals surface area contributed by atoms with Gasteiger partial charge in [0.15, 0.2) is 17.5 Å². The Hall–Kier alpha value is -6.23. The molecule has 10 rings (SSSR count). The molecule has 1 aliphatic rings. The quantitative estimate of drug-likeness (QED) is 0.181. The molecule has 52 heavy (non-hydrogen) atoms. The Balaban J connectivity index is 1.19. The maximum atomic E-state index is 5.29. The number of rotatable bonds is 5. The van der Waals surface area contributed by atoms with Gasteiger partial charge in [0, 0.05) is 42.3 Å². The molecule has 2 aromatic heterocycles. The van der Waals surface area contributed by atoms with Crippen LogP contribution in [0, 0.1) is 0 Å². The third-order valence-electron chi connectivity index (χ3n) is 10.5. The van der Waals surface area contributed by atoms with E-state index in [2.05, 4.69) is 172 Å². The first-order valence-electron chi connectivity index (χ1n) is 17.7. The lowest BCUT2D eigenvalue weighted by Crippen LogP contribution is -2.16. The fourth-order valence-electron chi connectivity index (χ4n) is 8.10. The SMILES string of the molecule is CC1(C)c2cc(-c3nc(-c4ccccc4-c4ccccc4)nc(-c4cccc5c4sc4ccccc45)n3)ccc2-c2cccc(-c3ccccc3)c21. The maximum absolute atomic E-state index is 5.29. The van der Waals surface area contributed by atoms with Crippen LogP contribution in [0.2, 0.25) is 0 Å². The summed E-state index contributed by atoms with van der Waals surface area (Å²) in [6.45, 7) is 4.69. The molecule has 9 aromatic rings. The lowest BCUT2D eigenvalue weighted by Gasteiger charge is -2.25. The molecule has 0 unspecified atom stereocenters. The molecule has 0 saturated heterocycles. The van der Waals surface area contributed by atoms with Gasteiger partial charge >= 0.3 is 0 Å². The Morgan fingerprint density at radius 2 is 0.962 bits per heavy atom. The molecule has 1 aliphatic carbocycles. The highest BCUT2D eigenvalue weighted by molar-refractivity contribution is 7.26. The summed E-state index contributed by atoms with van der Waals surface area (Å²) in [5.41, 5.74) is 12.7. The average molecular weight is 684 g/mol. The Morgan fingerprint density at radius 1 is 0.404 bits per heavy atom. The summed E-state index contributed by atoms with van der Waals surface area (Å²) in [4.78, 5) is 15.8. The zero-order chi connectivity index (χ0) is 34.8. The van der Waals surface area contributed by atoms with Crippen LogP contribution in [0.4, 0.5) is 0 Å². The maximum Gasteiger partial charge on any atom is 0.165 e. The van der Waals surface area contributed by atoms with Gasteiger partial charge < -0.3 is 0 Å². The van der Waals surface area contributed by atoms with E-state index in [1.54, 1.807) is 11.3 Å². The number of aromatic nitrogens is 3. The van der Waals surface area contributed by atoms with Crippen LogP contribution in [0.25, 0.3) is 87.7 Å². The van der Waals surface area contributed by atoms with E-state index in [0.29, 0.717) is 17.5 Å². The van der Waals surface area contributed by atoms with Gasteiger partial charge in [-0.2, -0.15) is 0 Å². The number of hydrogen-bond donors (Lipinski definition) is 0. The van der Waals surface area contributed by atoms with Gasteiger partial charge in [0.05, 0.1) is 0 Å². The smallest absolute Gasteiger partial charge is 0.165 e. The van der Waals surface area contributed by atoms with Crippen molar-refractivity contribution < 1.29 is 0 Å². The lowest BCUT2D eigenvalue weighted by atomic mass is 9.78. The minimum Gasteiger partial charge on any atom is -0.208 e. The van der Waals surface area contributed by atoms with Gasteiger partial charge in [-0.05, 0) is 62.7 Å². The topological polar surface area (TPSA) is 38.7 Å². The van der Waals surface area contributed by atoms with Crippen LogP contribution in [-0.4, -0.2) is 15.0 Å². The molecule has 0 aliphatic heterocycles. The highest BCUT2D eigenvalue weighted by atomic mass is 32.1. The largest absolute Gasteiger partial charge is 0.208 e. The number of thiophene rings is 1. The van der Waals surface area contributed by atoms with Crippen LogP contribution >= 0.6 is 11.3 Å². The van der Waals surface area contributed by atoms with E-state index in [-0.39, 0.29) is 5.41 Å². The predicted molar refractivity (Wildman–Crippen MR) is 217 cm³/mol. The van der Waals surface area contributed by atoms with Crippen LogP contribution in [0.1, 0.15) is 25.0 Å². The van der Waals surface area contributed by atoms with Crippen molar-refractivity contribution in [3.8, 4) is 67.5 Å². The molecule has 0 radical (unpaired) electrons. The van der Waals surface area contributed by atoms with E-state index in [9.17, 15) is 0 Å². The molecule has 0 spiro atoms. The van der Waals surface area contributed by atoms with Crippen molar-refractivity contribution in [1.29, 1.82) is 0 Å². The first-order chi connectivity index (χ1) is 25.5. The molecule has 0 atom stereocenters. The van der Waals surface area contributed by atoms with Crippen LogP contribution < -0.4 is 0 Å². The van der Waals surface area contributed by atoms with Gasteiger partial charge in [-0.1, -0.05) is 159 Å². The van der Waals surface area contributed by atoms with Gasteiger partial charge in [0.1, 0.15) is 0 Å². The normalized spacial score (nSPS) is 13.0. The lowest BCUT2D eigenvalue weighted by molar-refractivity contribution is 0.662. The van der Waals surface area contributed by atoms with Crippen LogP contribution in [0.5, 0.6) is 0 Å². The van der Waals surface area contributed by atoms with Crippen LogP contribution in [0.15, 0.2) is 164 Å². The van der Waals surface area contributed by atoms with E-state index in [1.165, 1.54) is 53.6 Å². The fraction of sp³-hybridized carbons (Fsp3) is 0.0625. The number of benzene rings is 7. The van der Waals surface area contributed by atoms with Crippen molar-refractivity contribution in [3.05, 3.63) is 175 Å². The Labute approximate surface area is 307 Å². The molecule has 2 heterocycles.